The van der Waals surface area contributed by atoms with E-state index in [2.05, 4.69) is 15.3 Å². The largest absolute Gasteiger partial charge is 0.462 e. The van der Waals surface area contributed by atoms with Crippen LogP contribution >= 0.6 is 22.7 Å². The fraction of sp³-hybridized carbons (Fsp3) is 0.222. The van der Waals surface area contributed by atoms with Gasteiger partial charge in [0.2, 0.25) is 0 Å². The summed E-state index contributed by atoms with van der Waals surface area (Å²) in [6, 6.07) is 5.93. The number of halogens is 1. The summed E-state index contributed by atoms with van der Waals surface area (Å²) in [5, 5.41) is 3.64. The van der Waals surface area contributed by atoms with E-state index in [1.807, 2.05) is 0 Å². The van der Waals surface area contributed by atoms with Crippen molar-refractivity contribution in [2.24, 2.45) is 0 Å². The summed E-state index contributed by atoms with van der Waals surface area (Å²) in [5.74, 6) is -1.15. The van der Waals surface area contributed by atoms with E-state index in [-0.39, 0.29) is 18.3 Å². The zero-order chi connectivity index (χ0) is 19.6. The number of nitrogens with zero attached hydrogens (tertiary/aromatic N) is 2. The molecular formula is C18H16FN3O3S2. The molecule has 3 aromatic rings. The molecule has 9 heteroatoms. The molecule has 0 aliphatic carbocycles. The lowest BCUT2D eigenvalue weighted by atomic mass is 10.2. The summed E-state index contributed by atoms with van der Waals surface area (Å²) in [7, 11) is 0. The molecule has 0 bridgehead atoms. The maximum Gasteiger partial charge on any atom is 0.350 e. The second-order valence-electron chi connectivity index (χ2n) is 5.55. The summed E-state index contributed by atoms with van der Waals surface area (Å²) in [5.41, 5.74) is 1.80. The molecule has 0 spiro atoms. The molecule has 0 aliphatic heterocycles. The Bertz CT molecular complexity index is 996. The van der Waals surface area contributed by atoms with E-state index in [0.717, 1.165) is 16.9 Å². The summed E-state index contributed by atoms with van der Waals surface area (Å²) >= 11 is 2.28. The minimum atomic E-state index is -0.458. The van der Waals surface area contributed by atoms with E-state index < -0.39 is 5.97 Å². The Labute approximate surface area is 163 Å². The molecule has 0 aliphatic rings. The fourth-order valence-corrected chi connectivity index (χ4v) is 4.14. The quantitative estimate of drug-likeness (QED) is 0.634. The van der Waals surface area contributed by atoms with Gasteiger partial charge in [-0.1, -0.05) is 11.3 Å². The highest BCUT2D eigenvalue weighted by Crippen LogP contribution is 2.30. The van der Waals surface area contributed by atoms with Crippen LogP contribution in [0.2, 0.25) is 0 Å². The molecular weight excluding hydrogens is 389 g/mol. The number of benzene rings is 1. The van der Waals surface area contributed by atoms with Crippen LogP contribution < -0.4 is 5.32 Å². The Hall–Kier alpha value is -2.65. The topological polar surface area (TPSA) is 81.2 Å². The number of aryl methyl sites for hydroxylation is 2. The SMILES string of the molecule is CCOC(=O)c1sc(NC(=O)c2sc(-c3ccc(F)cc3)nc2C)nc1C. The molecule has 1 aromatic carbocycles. The Kier molecular flexibility index (Phi) is 5.62. The second kappa shape index (κ2) is 7.93. The predicted molar refractivity (Wildman–Crippen MR) is 103 cm³/mol. The first-order chi connectivity index (χ1) is 12.9. The zero-order valence-corrected chi connectivity index (χ0v) is 16.5. The molecule has 1 amide bonds. The van der Waals surface area contributed by atoms with E-state index in [0.29, 0.717) is 31.3 Å². The van der Waals surface area contributed by atoms with Gasteiger partial charge in [-0.15, -0.1) is 11.3 Å². The summed E-state index contributed by atoms with van der Waals surface area (Å²) in [4.78, 5) is 33.9. The van der Waals surface area contributed by atoms with Gasteiger partial charge in [0.25, 0.3) is 5.91 Å². The number of hydrogen-bond acceptors (Lipinski definition) is 7. The molecule has 0 unspecified atom stereocenters. The van der Waals surface area contributed by atoms with Gasteiger partial charge in [0.15, 0.2) is 5.13 Å². The van der Waals surface area contributed by atoms with Crippen LogP contribution in [-0.2, 0) is 4.74 Å². The standard InChI is InChI=1S/C18H16FN3O3S2/c1-4-25-17(24)14-10(3)21-18(27-14)22-15(23)13-9(2)20-16(26-13)11-5-7-12(19)8-6-11/h5-8H,4H2,1-3H3,(H,21,22,23). The van der Waals surface area contributed by atoms with Gasteiger partial charge < -0.3 is 4.74 Å². The highest BCUT2D eigenvalue weighted by atomic mass is 32.1. The first kappa shape index (κ1) is 19.1. The van der Waals surface area contributed by atoms with Crippen LogP contribution in [0, 0.1) is 19.7 Å². The normalized spacial score (nSPS) is 10.7. The number of ether oxygens (including phenoxy) is 1. The van der Waals surface area contributed by atoms with Crippen molar-refractivity contribution in [3.63, 3.8) is 0 Å². The molecule has 6 nitrogen and oxygen atoms in total. The first-order valence-electron chi connectivity index (χ1n) is 8.08. The van der Waals surface area contributed by atoms with Gasteiger partial charge in [0.1, 0.15) is 20.6 Å². The predicted octanol–water partition coefficient (Wildman–Crippen LogP) is 4.45. The lowest BCUT2D eigenvalue weighted by Crippen LogP contribution is -2.11. The van der Waals surface area contributed by atoms with Crippen LogP contribution in [-0.4, -0.2) is 28.5 Å². The van der Waals surface area contributed by atoms with Crippen molar-refractivity contribution in [2.45, 2.75) is 20.8 Å². The van der Waals surface area contributed by atoms with Gasteiger partial charge in [0.05, 0.1) is 18.0 Å². The third kappa shape index (κ3) is 4.20. The highest BCUT2D eigenvalue weighted by molar-refractivity contribution is 7.18. The van der Waals surface area contributed by atoms with Crippen LogP contribution in [0.15, 0.2) is 24.3 Å². The number of carbonyl (C=O) groups is 2. The van der Waals surface area contributed by atoms with Crippen LogP contribution in [0.5, 0.6) is 0 Å². The Morgan fingerprint density at radius 1 is 1.07 bits per heavy atom. The van der Waals surface area contributed by atoms with Gasteiger partial charge in [-0.2, -0.15) is 0 Å². The number of hydrogen-bond donors (Lipinski definition) is 1. The minimum Gasteiger partial charge on any atom is -0.462 e. The first-order valence-corrected chi connectivity index (χ1v) is 9.71. The van der Waals surface area contributed by atoms with Crippen molar-refractivity contribution in [3.8, 4) is 10.6 Å². The van der Waals surface area contributed by atoms with E-state index in [9.17, 15) is 14.0 Å². The smallest absolute Gasteiger partial charge is 0.350 e. The van der Waals surface area contributed by atoms with Gasteiger partial charge in [-0.3, -0.25) is 10.1 Å². The van der Waals surface area contributed by atoms with E-state index in [1.54, 1.807) is 32.9 Å². The maximum absolute atomic E-state index is 13.1. The molecule has 1 N–H and O–H groups in total. The lowest BCUT2D eigenvalue weighted by molar-refractivity contribution is 0.0531. The van der Waals surface area contributed by atoms with Gasteiger partial charge in [-0.05, 0) is 45.0 Å². The number of nitrogens with one attached hydrogen (secondary N) is 1. The number of anilines is 1. The van der Waals surface area contributed by atoms with Crippen LogP contribution in [0.1, 0.15) is 37.7 Å². The van der Waals surface area contributed by atoms with Crippen molar-refractivity contribution in [1.82, 2.24) is 9.97 Å². The molecule has 0 saturated heterocycles. The van der Waals surface area contributed by atoms with Crippen molar-refractivity contribution in [1.29, 1.82) is 0 Å². The zero-order valence-electron chi connectivity index (χ0n) is 14.8. The fourth-order valence-electron chi connectivity index (χ4n) is 2.31. The monoisotopic (exact) mass is 405 g/mol. The molecule has 140 valence electrons. The summed E-state index contributed by atoms with van der Waals surface area (Å²) in [6.45, 7) is 5.41. The van der Waals surface area contributed by atoms with Gasteiger partial charge >= 0.3 is 5.97 Å². The van der Waals surface area contributed by atoms with Crippen molar-refractivity contribution >= 4 is 39.7 Å². The Morgan fingerprint density at radius 2 is 1.74 bits per heavy atom. The van der Waals surface area contributed by atoms with E-state index >= 15 is 0 Å². The lowest BCUT2D eigenvalue weighted by Gasteiger charge is -1.99. The summed E-state index contributed by atoms with van der Waals surface area (Å²) < 4.78 is 18.1. The number of amides is 1. The third-order valence-corrected chi connectivity index (χ3v) is 5.83. The Balaban J connectivity index is 1.80. The molecule has 3 rings (SSSR count). The van der Waals surface area contributed by atoms with Gasteiger partial charge in [0, 0.05) is 5.56 Å². The second-order valence-corrected chi connectivity index (χ2v) is 7.55. The maximum atomic E-state index is 13.1. The third-order valence-electron chi connectivity index (χ3n) is 3.57. The average Bonchev–Trinajstić information content (AvgIpc) is 3.18. The number of thiazole rings is 2. The van der Waals surface area contributed by atoms with Crippen LogP contribution in [0.4, 0.5) is 9.52 Å². The highest BCUT2D eigenvalue weighted by Gasteiger charge is 2.21. The molecule has 0 saturated carbocycles. The molecule has 0 fully saturated rings. The molecule has 0 radical (unpaired) electrons. The molecule has 27 heavy (non-hydrogen) atoms. The van der Waals surface area contributed by atoms with E-state index in [4.69, 9.17) is 4.74 Å². The average molecular weight is 405 g/mol. The Morgan fingerprint density at radius 3 is 2.41 bits per heavy atom. The van der Waals surface area contributed by atoms with Crippen LogP contribution in [0.25, 0.3) is 10.6 Å². The molecule has 2 aromatic heterocycles. The minimum absolute atomic E-state index is 0.268. The molecule has 0 atom stereocenters. The van der Waals surface area contributed by atoms with Crippen molar-refractivity contribution < 1.29 is 18.7 Å². The molecule has 2 heterocycles. The van der Waals surface area contributed by atoms with Gasteiger partial charge in [-0.25, -0.2) is 19.2 Å². The number of carbonyl (C=O) groups excluding carboxylic acids is 2. The van der Waals surface area contributed by atoms with Crippen LogP contribution in [0.3, 0.4) is 0 Å². The number of rotatable bonds is 5. The van der Waals surface area contributed by atoms with E-state index in [1.165, 1.54) is 23.5 Å². The van der Waals surface area contributed by atoms with Crippen molar-refractivity contribution in [2.75, 3.05) is 11.9 Å². The van der Waals surface area contributed by atoms with Crippen molar-refractivity contribution in [3.05, 3.63) is 51.2 Å². The number of esters is 1. The number of aromatic nitrogens is 2. The summed E-state index contributed by atoms with van der Waals surface area (Å²) in [6.07, 6.45) is 0.